The smallest absolute Gasteiger partial charge is 0.330 e. The molecule has 0 aliphatic rings. The summed E-state index contributed by atoms with van der Waals surface area (Å²) in [6.45, 7) is 1.54. The molecule has 0 aliphatic carbocycles. The molecule has 2 aromatic rings. The van der Waals surface area contributed by atoms with E-state index >= 15 is 0 Å². The summed E-state index contributed by atoms with van der Waals surface area (Å²) in [6.07, 6.45) is 3.04. The maximum atomic E-state index is 12.8. The van der Waals surface area contributed by atoms with Gasteiger partial charge in [0.25, 0.3) is 11.5 Å². The number of hydrogen-bond donors (Lipinski definition) is 2. The topological polar surface area (TPSA) is 137 Å². The summed E-state index contributed by atoms with van der Waals surface area (Å²) in [7, 11) is 1.51. The maximum Gasteiger partial charge on any atom is 0.330 e. The van der Waals surface area contributed by atoms with Crippen LogP contribution in [0.15, 0.2) is 52.1 Å². The van der Waals surface area contributed by atoms with Gasteiger partial charge in [-0.25, -0.2) is 9.59 Å². The molecule has 0 aliphatic heterocycles. The average Bonchev–Trinajstić information content (AvgIpc) is 2.75. The molecule has 1 aromatic carbocycles. The highest BCUT2D eigenvalue weighted by Gasteiger charge is 2.25. The van der Waals surface area contributed by atoms with Crippen LogP contribution < -0.4 is 21.9 Å². The Labute approximate surface area is 178 Å². The molecule has 0 saturated carbocycles. The highest BCUT2D eigenvalue weighted by molar-refractivity contribution is 5.97. The third-order valence-electron chi connectivity index (χ3n) is 4.34. The van der Waals surface area contributed by atoms with Gasteiger partial charge in [0, 0.05) is 26.3 Å². The first-order chi connectivity index (χ1) is 14.9. The van der Waals surface area contributed by atoms with Crippen molar-refractivity contribution in [2.75, 3.05) is 37.5 Å². The maximum absolute atomic E-state index is 12.8. The van der Waals surface area contributed by atoms with Gasteiger partial charge in [-0.1, -0.05) is 36.4 Å². The van der Waals surface area contributed by atoms with Gasteiger partial charge in [-0.2, -0.15) is 0 Å². The Morgan fingerprint density at radius 3 is 2.58 bits per heavy atom. The lowest BCUT2D eigenvalue weighted by atomic mass is 10.2. The lowest BCUT2D eigenvalue weighted by Gasteiger charge is -2.24. The number of allylic oxidation sites excluding steroid dienone is 1. The number of amides is 1. The van der Waals surface area contributed by atoms with Crippen molar-refractivity contribution in [3.8, 4) is 0 Å². The van der Waals surface area contributed by atoms with E-state index < -0.39 is 29.7 Å². The Bertz CT molecular complexity index is 1040. The van der Waals surface area contributed by atoms with E-state index in [0.717, 1.165) is 10.5 Å². The zero-order chi connectivity index (χ0) is 22.8. The number of aromatic amines is 1. The number of methoxy groups -OCH3 is 1. The highest BCUT2D eigenvalue weighted by Crippen LogP contribution is 2.18. The summed E-state index contributed by atoms with van der Waals surface area (Å²) in [4.78, 5) is 52.7. The summed E-state index contributed by atoms with van der Waals surface area (Å²) < 4.78 is 11.1. The van der Waals surface area contributed by atoms with Crippen molar-refractivity contribution in [2.24, 2.45) is 0 Å². The van der Waals surface area contributed by atoms with Crippen LogP contribution in [0.25, 0.3) is 0 Å². The minimum absolute atomic E-state index is 0.0741. The molecule has 0 atom stereocenters. The fourth-order valence-corrected chi connectivity index (χ4v) is 2.88. The number of nitrogens with one attached hydrogen (secondary N) is 1. The molecule has 0 radical (unpaired) electrons. The first-order valence-electron chi connectivity index (χ1n) is 9.64. The van der Waals surface area contributed by atoms with Crippen molar-refractivity contribution in [3.63, 3.8) is 0 Å². The Kier molecular flexibility index (Phi) is 8.77. The first-order valence-corrected chi connectivity index (χ1v) is 9.64. The third-order valence-corrected chi connectivity index (χ3v) is 4.34. The number of benzene rings is 1. The SMILES string of the molecule is C/C=C/C(=O)OCC(=O)N(CCCOC)c1c(N)n(Cc2ccccc2)c(=O)[nH]c1=O. The molecule has 31 heavy (non-hydrogen) atoms. The first kappa shape index (κ1) is 23.6. The zero-order valence-electron chi connectivity index (χ0n) is 17.5. The number of nitrogen functional groups attached to an aromatic ring is 1. The number of nitrogens with zero attached hydrogens (tertiary/aromatic N) is 2. The molecule has 10 heteroatoms. The molecule has 0 unspecified atom stereocenters. The molecular formula is C21H26N4O6. The van der Waals surface area contributed by atoms with Gasteiger partial charge in [0.15, 0.2) is 12.3 Å². The number of esters is 1. The van der Waals surface area contributed by atoms with E-state index in [4.69, 9.17) is 15.2 Å². The Balaban J connectivity index is 2.42. The van der Waals surface area contributed by atoms with E-state index in [1.54, 1.807) is 19.1 Å². The monoisotopic (exact) mass is 430 g/mol. The number of rotatable bonds is 10. The molecule has 3 N–H and O–H groups in total. The predicted molar refractivity (Wildman–Crippen MR) is 116 cm³/mol. The van der Waals surface area contributed by atoms with Crippen LogP contribution in [0.1, 0.15) is 18.9 Å². The van der Waals surface area contributed by atoms with Crippen molar-refractivity contribution >= 4 is 23.4 Å². The van der Waals surface area contributed by atoms with Gasteiger partial charge in [-0.3, -0.25) is 19.1 Å². The highest BCUT2D eigenvalue weighted by atomic mass is 16.5. The van der Waals surface area contributed by atoms with E-state index in [2.05, 4.69) is 4.98 Å². The quantitative estimate of drug-likeness (QED) is 0.321. The van der Waals surface area contributed by atoms with Crippen LogP contribution in [0.4, 0.5) is 11.5 Å². The standard InChI is InChI=1S/C21H26N4O6/c1-3-8-17(27)31-14-16(26)24(11-7-12-30-2)18-19(22)25(21(29)23-20(18)28)13-15-9-5-4-6-10-15/h3-6,8-10H,7,11-14,22H2,1-2H3,(H,23,28,29)/b8-3+. The minimum Gasteiger partial charge on any atom is -0.452 e. The van der Waals surface area contributed by atoms with Crippen LogP contribution in [-0.4, -0.2) is 48.3 Å². The van der Waals surface area contributed by atoms with E-state index in [-0.39, 0.29) is 24.6 Å². The van der Waals surface area contributed by atoms with Gasteiger partial charge in [0.2, 0.25) is 0 Å². The van der Waals surface area contributed by atoms with Crippen LogP contribution in [0.3, 0.4) is 0 Å². The normalized spacial score (nSPS) is 10.9. The number of carbonyl (C=O) groups is 2. The second-order valence-electron chi connectivity index (χ2n) is 6.56. The zero-order valence-corrected chi connectivity index (χ0v) is 17.5. The molecule has 166 valence electrons. The van der Waals surface area contributed by atoms with Crippen molar-refractivity contribution in [2.45, 2.75) is 19.9 Å². The van der Waals surface area contributed by atoms with Gasteiger partial charge >= 0.3 is 11.7 Å². The van der Waals surface area contributed by atoms with Crippen LogP contribution in [-0.2, 0) is 25.6 Å². The molecule has 0 fully saturated rings. The average molecular weight is 430 g/mol. The van der Waals surface area contributed by atoms with E-state index in [1.165, 1.54) is 23.8 Å². The Morgan fingerprint density at radius 2 is 1.94 bits per heavy atom. The molecule has 0 bridgehead atoms. The van der Waals surface area contributed by atoms with Crippen LogP contribution in [0.5, 0.6) is 0 Å². The molecule has 1 aromatic heterocycles. The van der Waals surface area contributed by atoms with Crippen molar-refractivity contribution < 1.29 is 19.1 Å². The van der Waals surface area contributed by atoms with Gasteiger partial charge in [-0.05, 0) is 18.9 Å². The second kappa shape index (κ2) is 11.5. The summed E-state index contributed by atoms with van der Waals surface area (Å²) in [5.74, 6) is -1.51. The second-order valence-corrected chi connectivity index (χ2v) is 6.56. The fourth-order valence-electron chi connectivity index (χ4n) is 2.88. The minimum atomic E-state index is -0.808. The fraction of sp³-hybridized carbons (Fsp3) is 0.333. The number of nitrogens with two attached hydrogens (primary N) is 1. The molecule has 2 rings (SSSR count). The van der Waals surface area contributed by atoms with Gasteiger partial charge in [0.1, 0.15) is 5.82 Å². The van der Waals surface area contributed by atoms with E-state index in [0.29, 0.717) is 13.0 Å². The van der Waals surface area contributed by atoms with Gasteiger partial charge in [0.05, 0.1) is 6.54 Å². The number of anilines is 2. The molecule has 1 heterocycles. The summed E-state index contributed by atoms with van der Waals surface area (Å²) in [5, 5.41) is 0. The molecule has 0 spiro atoms. The summed E-state index contributed by atoms with van der Waals surface area (Å²) in [5.41, 5.74) is 5.28. The largest absolute Gasteiger partial charge is 0.452 e. The summed E-state index contributed by atoms with van der Waals surface area (Å²) >= 11 is 0. The van der Waals surface area contributed by atoms with Crippen LogP contribution in [0, 0.1) is 0 Å². The molecule has 1 amide bonds. The van der Waals surface area contributed by atoms with Crippen molar-refractivity contribution in [3.05, 3.63) is 68.9 Å². The number of ether oxygens (including phenoxy) is 2. The number of aromatic nitrogens is 2. The number of carbonyl (C=O) groups excluding carboxylic acids is 2. The van der Waals surface area contributed by atoms with Gasteiger partial charge in [-0.15, -0.1) is 0 Å². The summed E-state index contributed by atoms with van der Waals surface area (Å²) in [6, 6.07) is 9.06. The number of H-pyrrole nitrogens is 1. The lowest BCUT2D eigenvalue weighted by Crippen LogP contribution is -2.43. The third kappa shape index (κ3) is 6.41. The predicted octanol–water partition coefficient (Wildman–Crippen LogP) is 0.656. The Morgan fingerprint density at radius 1 is 1.23 bits per heavy atom. The lowest BCUT2D eigenvalue weighted by molar-refractivity contribution is -0.143. The Hall–Kier alpha value is -3.66. The van der Waals surface area contributed by atoms with Crippen molar-refractivity contribution in [1.82, 2.24) is 9.55 Å². The number of hydrogen-bond acceptors (Lipinski definition) is 7. The van der Waals surface area contributed by atoms with E-state index in [9.17, 15) is 19.2 Å². The van der Waals surface area contributed by atoms with Gasteiger partial charge < -0.3 is 20.1 Å². The molecular weight excluding hydrogens is 404 g/mol. The van der Waals surface area contributed by atoms with Crippen LogP contribution >= 0.6 is 0 Å². The molecule has 0 saturated heterocycles. The molecule has 10 nitrogen and oxygen atoms in total. The van der Waals surface area contributed by atoms with Crippen molar-refractivity contribution in [1.29, 1.82) is 0 Å². The van der Waals surface area contributed by atoms with Crippen LogP contribution in [0.2, 0.25) is 0 Å². The van der Waals surface area contributed by atoms with E-state index in [1.807, 2.05) is 18.2 Å².